The van der Waals surface area contributed by atoms with E-state index in [-0.39, 0.29) is 12.1 Å². The predicted octanol–water partition coefficient (Wildman–Crippen LogP) is 7.24. The molecule has 0 radical (unpaired) electrons. The van der Waals surface area contributed by atoms with E-state index in [1.54, 1.807) is 38.6 Å². The molecule has 0 aliphatic heterocycles. The molecule has 6 rings (SSSR count). The molecule has 0 spiro atoms. The first kappa shape index (κ1) is 30.2. The van der Waals surface area contributed by atoms with Gasteiger partial charge in [-0.25, -0.2) is 9.78 Å². The lowest BCUT2D eigenvalue weighted by Crippen LogP contribution is -2.11. The van der Waals surface area contributed by atoms with Gasteiger partial charge in [0, 0.05) is 35.0 Å². The number of hydrogen-bond donors (Lipinski definition) is 3. The number of nitrogens with one attached hydrogen (secondary N) is 1. The van der Waals surface area contributed by atoms with Gasteiger partial charge in [0.15, 0.2) is 0 Å². The van der Waals surface area contributed by atoms with E-state index in [4.69, 9.17) is 21.7 Å². The van der Waals surface area contributed by atoms with Crippen molar-refractivity contribution in [2.24, 2.45) is 7.05 Å². The Labute approximate surface area is 257 Å². The quantitative estimate of drug-likeness (QED) is 0.188. The van der Waals surface area contributed by atoms with Crippen molar-refractivity contribution in [1.29, 1.82) is 0 Å². The topological polar surface area (TPSA) is 121 Å². The number of H-pyrrole nitrogens is 1. The van der Waals surface area contributed by atoms with Crippen molar-refractivity contribution in [3.8, 4) is 33.0 Å². The average molecular weight is 615 g/mol. The molecule has 0 unspecified atom stereocenters. The van der Waals surface area contributed by atoms with Crippen molar-refractivity contribution in [3.05, 3.63) is 93.5 Å². The summed E-state index contributed by atoms with van der Waals surface area (Å²) >= 11 is 7.66. The number of halogens is 1. The fourth-order valence-electron chi connectivity index (χ4n) is 4.78. The van der Waals surface area contributed by atoms with Gasteiger partial charge in [-0.1, -0.05) is 29.8 Å². The molecule has 10 heteroatoms. The number of nitrogens with zero attached hydrogens (tertiary/aromatic N) is 3. The Morgan fingerprint density at radius 2 is 1.70 bits per heavy atom. The molecule has 0 bridgehead atoms. The highest BCUT2D eigenvalue weighted by Crippen LogP contribution is 2.41. The summed E-state index contributed by atoms with van der Waals surface area (Å²) in [4.78, 5) is 36.1. The van der Waals surface area contributed by atoms with Gasteiger partial charge in [0.05, 0.1) is 39.0 Å². The van der Waals surface area contributed by atoms with Gasteiger partial charge in [0.25, 0.3) is 0 Å². The zero-order valence-electron chi connectivity index (χ0n) is 24.4. The van der Waals surface area contributed by atoms with Gasteiger partial charge in [-0.05, 0) is 86.8 Å². The fourth-order valence-corrected chi connectivity index (χ4v) is 6.04. The predicted molar refractivity (Wildman–Crippen MR) is 174 cm³/mol. The van der Waals surface area contributed by atoms with Crippen molar-refractivity contribution in [3.63, 3.8) is 0 Å². The number of carboxylic acid groups (broad SMARTS) is 1. The molecule has 3 aromatic heterocycles. The third kappa shape index (κ3) is 6.69. The Balaban J connectivity index is 0.000000682. The molecule has 8 nitrogen and oxygen atoms in total. The molecule has 3 heterocycles. The largest absolute Gasteiger partial charge is 0.481 e. The molecule has 3 N–H and O–H groups in total. The van der Waals surface area contributed by atoms with Gasteiger partial charge in [-0.3, -0.25) is 14.3 Å². The van der Waals surface area contributed by atoms with Crippen LogP contribution in [0.4, 0.5) is 0 Å². The number of thiazole rings is 1. The van der Waals surface area contributed by atoms with Crippen molar-refractivity contribution >= 4 is 50.2 Å². The van der Waals surface area contributed by atoms with Gasteiger partial charge in [0.1, 0.15) is 5.01 Å². The minimum Gasteiger partial charge on any atom is -0.481 e. The number of fused-ring (bicyclic) bond motifs is 2. The van der Waals surface area contributed by atoms with E-state index in [2.05, 4.69) is 9.97 Å². The summed E-state index contributed by atoms with van der Waals surface area (Å²) in [6.07, 6.45) is 1.66. The van der Waals surface area contributed by atoms with Gasteiger partial charge in [-0.2, -0.15) is 0 Å². The van der Waals surface area contributed by atoms with Crippen molar-refractivity contribution in [2.45, 2.75) is 39.7 Å². The van der Waals surface area contributed by atoms with Gasteiger partial charge in [0.2, 0.25) is 0 Å². The maximum absolute atomic E-state index is 12.0. The van der Waals surface area contributed by atoms with E-state index < -0.39 is 11.6 Å². The van der Waals surface area contributed by atoms with E-state index in [1.807, 2.05) is 67.6 Å². The molecule has 3 aromatic carbocycles. The molecule has 0 fully saturated rings. The third-order valence-corrected chi connectivity index (χ3v) is 8.07. The van der Waals surface area contributed by atoms with Crippen LogP contribution in [-0.4, -0.2) is 41.3 Å². The summed E-state index contributed by atoms with van der Waals surface area (Å²) < 4.78 is 2.49. The standard InChI is InChI=1S/C29H21ClN4O3S.C4H10O/c1-15-11-23-27(26(20(15)14-25(35)36)16-3-6-19(30)7-4-16)38-28(32-23)18-9-10-31-21(13-18)17-5-8-24-22(12-17)33-29(37)34(24)2;1-4(2,3)5/h3-13H,14H2,1-2H3,(H,33,37)(H,35,36);5H,1-3H3. The summed E-state index contributed by atoms with van der Waals surface area (Å²) in [6.45, 7) is 7.15. The average Bonchev–Trinajstić information content (AvgIpc) is 3.48. The molecule has 43 heavy (non-hydrogen) atoms. The molecule has 0 amide bonds. The number of aromatic amines is 1. The summed E-state index contributed by atoms with van der Waals surface area (Å²) in [6, 6.07) is 19.1. The number of aryl methyl sites for hydroxylation is 2. The second kappa shape index (κ2) is 11.8. The molecule has 220 valence electrons. The van der Waals surface area contributed by atoms with Gasteiger partial charge >= 0.3 is 11.7 Å². The normalized spacial score (nSPS) is 11.5. The minimum atomic E-state index is -0.886. The third-order valence-electron chi connectivity index (χ3n) is 6.68. The van der Waals surface area contributed by atoms with E-state index in [0.29, 0.717) is 5.02 Å². The lowest BCUT2D eigenvalue weighted by molar-refractivity contribution is -0.136. The Hall–Kier alpha value is -4.31. The first-order valence-electron chi connectivity index (χ1n) is 13.6. The highest BCUT2D eigenvalue weighted by atomic mass is 35.5. The van der Waals surface area contributed by atoms with Crippen LogP contribution in [0, 0.1) is 6.92 Å². The van der Waals surface area contributed by atoms with Crippen LogP contribution >= 0.6 is 22.9 Å². The van der Waals surface area contributed by atoms with Crippen LogP contribution in [0.1, 0.15) is 31.9 Å². The molecule has 0 aliphatic rings. The number of rotatable bonds is 5. The Morgan fingerprint density at radius 1 is 1.02 bits per heavy atom. The smallest absolute Gasteiger partial charge is 0.326 e. The van der Waals surface area contributed by atoms with E-state index in [1.165, 1.54) is 11.3 Å². The lowest BCUT2D eigenvalue weighted by atomic mass is 9.93. The molecule has 0 saturated carbocycles. The van der Waals surface area contributed by atoms with E-state index in [0.717, 1.165) is 65.3 Å². The highest BCUT2D eigenvalue weighted by Gasteiger charge is 2.20. The highest BCUT2D eigenvalue weighted by molar-refractivity contribution is 7.22. The van der Waals surface area contributed by atoms with Crippen LogP contribution in [0.2, 0.25) is 5.02 Å². The van der Waals surface area contributed by atoms with Crippen LogP contribution in [0.3, 0.4) is 0 Å². The number of aliphatic hydroxyl groups is 1. The fraction of sp³-hybridized carbons (Fsp3) is 0.212. The second-order valence-electron chi connectivity index (χ2n) is 11.3. The number of carbonyl (C=O) groups is 1. The SMILES string of the molecule is CC(C)(C)O.Cc1cc2nc(-c3ccnc(-c4ccc5c(c4)[nH]c(=O)n5C)c3)sc2c(-c2ccc(Cl)cc2)c1CC(=O)O. The second-order valence-corrected chi connectivity index (χ2v) is 12.7. The number of hydrogen-bond acceptors (Lipinski definition) is 6. The van der Waals surface area contributed by atoms with Crippen molar-refractivity contribution < 1.29 is 15.0 Å². The number of pyridine rings is 1. The molecule has 0 saturated heterocycles. The number of benzene rings is 3. The first-order valence-corrected chi connectivity index (χ1v) is 14.8. The van der Waals surface area contributed by atoms with Crippen LogP contribution in [0.25, 0.3) is 54.2 Å². The lowest BCUT2D eigenvalue weighted by Gasteiger charge is -2.13. The van der Waals surface area contributed by atoms with Crippen LogP contribution < -0.4 is 5.69 Å². The van der Waals surface area contributed by atoms with Gasteiger partial charge < -0.3 is 15.2 Å². The molecular weight excluding hydrogens is 584 g/mol. The zero-order chi connectivity index (χ0) is 31.1. The van der Waals surface area contributed by atoms with E-state index >= 15 is 0 Å². The minimum absolute atomic E-state index is 0.0869. The Kier molecular flexibility index (Phi) is 8.25. The maximum Gasteiger partial charge on any atom is 0.326 e. The monoisotopic (exact) mass is 614 g/mol. The van der Waals surface area contributed by atoms with Gasteiger partial charge in [-0.15, -0.1) is 11.3 Å². The molecule has 0 aliphatic carbocycles. The van der Waals surface area contributed by atoms with E-state index in [9.17, 15) is 14.7 Å². The number of aliphatic carboxylic acids is 1. The van der Waals surface area contributed by atoms with Crippen molar-refractivity contribution in [1.82, 2.24) is 19.5 Å². The maximum atomic E-state index is 12.0. The zero-order valence-corrected chi connectivity index (χ0v) is 26.0. The summed E-state index contributed by atoms with van der Waals surface area (Å²) in [5.74, 6) is -0.886. The number of imidazole rings is 1. The van der Waals surface area contributed by atoms with Crippen LogP contribution in [0.5, 0.6) is 0 Å². The number of aromatic nitrogens is 4. The summed E-state index contributed by atoms with van der Waals surface area (Å²) in [7, 11) is 1.73. The summed E-state index contributed by atoms with van der Waals surface area (Å²) in [5.41, 5.74) is 7.66. The molecule has 6 aromatic rings. The van der Waals surface area contributed by atoms with Crippen molar-refractivity contribution in [2.75, 3.05) is 0 Å². The number of carboxylic acids is 1. The summed E-state index contributed by atoms with van der Waals surface area (Å²) in [5, 5.41) is 19.6. The Bertz CT molecular complexity index is 2030. The van der Waals surface area contributed by atoms with Crippen LogP contribution in [-0.2, 0) is 18.3 Å². The first-order chi connectivity index (χ1) is 20.3. The Morgan fingerprint density at radius 3 is 2.37 bits per heavy atom. The van der Waals surface area contributed by atoms with Crippen LogP contribution in [0.15, 0.2) is 71.7 Å². The molecule has 0 atom stereocenters. The molecular formula is C33H31ClN4O4S.